The minimum Gasteiger partial charge on any atom is -0.378 e. The lowest BCUT2D eigenvalue weighted by Crippen LogP contribution is -2.31. The van der Waals surface area contributed by atoms with Crippen LogP contribution in [0.4, 0.5) is 11.6 Å². The van der Waals surface area contributed by atoms with Crippen molar-refractivity contribution in [1.82, 2.24) is 9.55 Å². The summed E-state index contributed by atoms with van der Waals surface area (Å²) < 4.78 is 2.08. The van der Waals surface area contributed by atoms with E-state index in [-0.39, 0.29) is 6.17 Å². The van der Waals surface area contributed by atoms with E-state index in [2.05, 4.69) is 49.0 Å². The van der Waals surface area contributed by atoms with E-state index in [1.165, 1.54) is 0 Å². The molecule has 0 bridgehead atoms. The monoisotopic (exact) mass is 306 g/mol. The summed E-state index contributed by atoms with van der Waals surface area (Å²) in [4.78, 5) is 11.3. The highest BCUT2D eigenvalue weighted by molar-refractivity contribution is 5.94. The first-order chi connectivity index (χ1) is 11.1. The summed E-state index contributed by atoms with van der Waals surface area (Å²) in [6.07, 6.45) is -0.213. The van der Waals surface area contributed by atoms with Crippen LogP contribution in [0.15, 0.2) is 53.5 Å². The summed E-state index contributed by atoms with van der Waals surface area (Å²) in [5, 5.41) is 3.05. The molecule has 0 saturated heterocycles. The molecule has 23 heavy (non-hydrogen) atoms. The minimum atomic E-state index is -0.213. The number of nitrogens with one attached hydrogen (secondary N) is 1. The molecule has 1 aliphatic heterocycles. The van der Waals surface area contributed by atoms with Crippen molar-refractivity contribution in [3.63, 3.8) is 0 Å². The van der Waals surface area contributed by atoms with Crippen LogP contribution in [0.25, 0.3) is 11.0 Å². The summed E-state index contributed by atoms with van der Waals surface area (Å²) in [5.41, 5.74) is 10.1. The molecule has 1 aliphatic rings. The van der Waals surface area contributed by atoms with Crippen LogP contribution in [0.5, 0.6) is 0 Å². The lowest BCUT2D eigenvalue weighted by atomic mass is 10.1. The molecule has 3 N–H and O–H groups in total. The predicted molar refractivity (Wildman–Crippen MR) is 93.9 cm³/mol. The van der Waals surface area contributed by atoms with Crippen molar-refractivity contribution in [2.75, 3.05) is 24.3 Å². The molecule has 6 heteroatoms. The SMILES string of the molecule is CN(C)c1ccc([C@@H]2N=C(N)Nc3nc4ccccc4n32)cc1. The fourth-order valence-electron chi connectivity index (χ4n) is 2.88. The van der Waals surface area contributed by atoms with E-state index in [0.29, 0.717) is 5.96 Å². The first-order valence-corrected chi connectivity index (χ1v) is 7.48. The van der Waals surface area contributed by atoms with Crippen molar-refractivity contribution in [1.29, 1.82) is 0 Å². The highest BCUT2D eigenvalue weighted by Crippen LogP contribution is 2.32. The molecule has 6 nitrogen and oxygen atoms in total. The maximum Gasteiger partial charge on any atom is 0.212 e. The van der Waals surface area contributed by atoms with Gasteiger partial charge in [-0.25, -0.2) is 9.98 Å². The Morgan fingerprint density at radius 2 is 1.83 bits per heavy atom. The molecular formula is C17H18N6. The van der Waals surface area contributed by atoms with Crippen molar-refractivity contribution in [2.45, 2.75) is 6.17 Å². The number of anilines is 2. The maximum atomic E-state index is 5.95. The van der Waals surface area contributed by atoms with Gasteiger partial charge >= 0.3 is 0 Å². The second-order valence-corrected chi connectivity index (χ2v) is 5.79. The van der Waals surface area contributed by atoms with Gasteiger partial charge in [0.2, 0.25) is 5.95 Å². The average Bonchev–Trinajstić information content (AvgIpc) is 2.92. The molecule has 3 aromatic rings. The van der Waals surface area contributed by atoms with Gasteiger partial charge in [-0.2, -0.15) is 0 Å². The number of imidazole rings is 1. The number of hydrogen-bond acceptors (Lipinski definition) is 5. The normalized spacial score (nSPS) is 16.6. The zero-order chi connectivity index (χ0) is 16.0. The Labute approximate surface area is 134 Å². The van der Waals surface area contributed by atoms with Gasteiger partial charge in [-0.1, -0.05) is 24.3 Å². The largest absolute Gasteiger partial charge is 0.378 e. The number of para-hydroxylation sites is 2. The highest BCUT2D eigenvalue weighted by Gasteiger charge is 2.24. The lowest BCUT2D eigenvalue weighted by Gasteiger charge is -2.24. The van der Waals surface area contributed by atoms with Gasteiger partial charge in [0, 0.05) is 19.8 Å². The smallest absolute Gasteiger partial charge is 0.212 e. The Balaban J connectivity index is 1.86. The molecule has 2 aromatic carbocycles. The molecule has 116 valence electrons. The zero-order valence-corrected chi connectivity index (χ0v) is 13.1. The third kappa shape index (κ3) is 2.19. The summed E-state index contributed by atoms with van der Waals surface area (Å²) in [6.45, 7) is 0. The molecular weight excluding hydrogens is 288 g/mol. The van der Waals surface area contributed by atoms with Crippen LogP contribution in [0.2, 0.25) is 0 Å². The number of guanidine groups is 1. The van der Waals surface area contributed by atoms with Crippen LogP contribution < -0.4 is 16.0 Å². The summed E-state index contributed by atoms with van der Waals surface area (Å²) in [7, 11) is 4.05. The quantitative estimate of drug-likeness (QED) is 0.762. The fourth-order valence-corrected chi connectivity index (χ4v) is 2.88. The topological polar surface area (TPSA) is 71.5 Å². The Hall–Kier alpha value is -3.02. The van der Waals surface area contributed by atoms with Gasteiger partial charge in [0.1, 0.15) is 0 Å². The molecule has 0 aliphatic carbocycles. The van der Waals surface area contributed by atoms with E-state index in [4.69, 9.17) is 5.73 Å². The summed E-state index contributed by atoms with van der Waals surface area (Å²) in [6, 6.07) is 16.4. The third-order valence-electron chi connectivity index (χ3n) is 4.05. The van der Waals surface area contributed by atoms with Gasteiger partial charge in [0.05, 0.1) is 11.0 Å². The number of nitrogens with two attached hydrogens (primary N) is 1. The van der Waals surface area contributed by atoms with Crippen LogP contribution in [0, 0.1) is 0 Å². The number of hydrogen-bond donors (Lipinski definition) is 2. The number of rotatable bonds is 2. The van der Waals surface area contributed by atoms with Crippen LogP contribution in [0.3, 0.4) is 0 Å². The van der Waals surface area contributed by atoms with Crippen LogP contribution in [0.1, 0.15) is 11.7 Å². The zero-order valence-electron chi connectivity index (χ0n) is 13.1. The summed E-state index contributed by atoms with van der Waals surface area (Å²) in [5.74, 6) is 1.11. The number of benzene rings is 2. The Morgan fingerprint density at radius 3 is 2.57 bits per heavy atom. The van der Waals surface area contributed by atoms with Crippen molar-refractivity contribution >= 4 is 28.6 Å². The van der Waals surface area contributed by atoms with Gasteiger partial charge in [-0.05, 0) is 29.8 Å². The third-order valence-corrected chi connectivity index (χ3v) is 4.05. The maximum absolute atomic E-state index is 5.95. The second-order valence-electron chi connectivity index (χ2n) is 5.79. The van der Waals surface area contributed by atoms with Crippen molar-refractivity contribution in [3.05, 3.63) is 54.1 Å². The Kier molecular flexibility index (Phi) is 2.97. The molecule has 1 atom stereocenters. The molecule has 2 heterocycles. The standard InChI is InChI=1S/C17H18N6/c1-22(2)12-9-7-11(8-10-12)15-20-16(18)21-17-19-13-5-3-4-6-14(13)23(15)17/h3-10,15H,1-2H3,(H3,18,19,20,21)/t15-/m1/s1. The molecule has 1 aromatic heterocycles. The van der Waals surface area contributed by atoms with Gasteiger partial charge < -0.3 is 10.6 Å². The molecule has 0 unspecified atom stereocenters. The lowest BCUT2D eigenvalue weighted by molar-refractivity contribution is 0.626. The van der Waals surface area contributed by atoms with E-state index in [1.807, 2.05) is 38.4 Å². The van der Waals surface area contributed by atoms with Crippen molar-refractivity contribution < 1.29 is 0 Å². The predicted octanol–water partition coefficient (Wildman–Crippen LogP) is 2.39. The van der Waals surface area contributed by atoms with Gasteiger partial charge in [-0.3, -0.25) is 9.88 Å². The molecule has 0 spiro atoms. The minimum absolute atomic E-state index is 0.213. The van der Waals surface area contributed by atoms with Crippen LogP contribution in [-0.2, 0) is 0 Å². The van der Waals surface area contributed by atoms with Gasteiger partial charge in [-0.15, -0.1) is 0 Å². The summed E-state index contributed by atoms with van der Waals surface area (Å²) >= 11 is 0. The molecule has 0 radical (unpaired) electrons. The number of nitrogens with zero attached hydrogens (tertiary/aromatic N) is 4. The van der Waals surface area contributed by atoms with Crippen molar-refractivity contribution in [3.8, 4) is 0 Å². The molecule has 0 saturated carbocycles. The van der Waals surface area contributed by atoms with E-state index in [0.717, 1.165) is 28.2 Å². The average molecular weight is 306 g/mol. The molecule has 0 amide bonds. The number of aliphatic imine (C=N–C) groups is 1. The second kappa shape index (κ2) is 5.01. The first-order valence-electron chi connectivity index (χ1n) is 7.48. The van der Waals surface area contributed by atoms with Gasteiger partial charge in [0.25, 0.3) is 0 Å². The number of fused-ring (bicyclic) bond motifs is 3. The van der Waals surface area contributed by atoms with Crippen LogP contribution in [-0.4, -0.2) is 29.6 Å². The van der Waals surface area contributed by atoms with Crippen LogP contribution >= 0.6 is 0 Å². The Bertz CT molecular complexity index is 891. The van der Waals surface area contributed by atoms with E-state index in [9.17, 15) is 0 Å². The van der Waals surface area contributed by atoms with Crippen molar-refractivity contribution in [2.24, 2.45) is 10.7 Å². The van der Waals surface area contributed by atoms with E-state index in [1.54, 1.807) is 0 Å². The first kappa shape index (κ1) is 13.6. The fraction of sp³-hybridized carbons (Fsp3) is 0.176. The Morgan fingerprint density at radius 1 is 1.09 bits per heavy atom. The molecule has 4 rings (SSSR count). The van der Waals surface area contributed by atoms with E-state index >= 15 is 0 Å². The van der Waals surface area contributed by atoms with Gasteiger partial charge in [0.15, 0.2) is 12.1 Å². The molecule has 0 fully saturated rings. The van der Waals surface area contributed by atoms with E-state index < -0.39 is 0 Å². The number of aromatic nitrogens is 2. The highest BCUT2D eigenvalue weighted by atomic mass is 15.4.